The highest BCUT2D eigenvalue weighted by molar-refractivity contribution is 9.10. The number of fused-ring (bicyclic) bond motifs is 1. The Labute approximate surface area is 134 Å². The third-order valence-electron chi connectivity index (χ3n) is 3.03. The van der Waals surface area contributed by atoms with Gasteiger partial charge < -0.3 is 5.32 Å². The number of halogens is 3. The topological polar surface area (TPSA) is 29.1 Å². The van der Waals surface area contributed by atoms with Gasteiger partial charge in [-0.3, -0.25) is 4.79 Å². The third-order valence-corrected chi connectivity index (χ3v) is 4.08. The number of carbonyl (C=O) groups excluding carboxylic acids is 1. The standard InChI is InChI=1S/C15H8BrCl2NO/c16-9-2-4-14-11(6-9)12(15(20)19-14)5-8-1-3-10(17)7-13(8)18/h1-7H,(H,19,20). The molecule has 0 saturated heterocycles. The van der Waals surface area contributed by atoms with E-state index in [2.05, 4.69) is 21.2 Å². The molecule has 1 aliphatic rings. The second-order valence-corrected chi connectivity index (χ2v) is 6.13. The summed E-state index contributed by atoms with van der Waals surface area (Å²) in [5, 5.41) is 3.91. The van der Waals surface area contributed by atoms with Crippen molar-refractivity contribution in [3.8, 4) is 0 Å². The fourth-order valence-corrected chi connectivity index (χ4v) is 2.90. The maximum absolute atomic E-state index is 12.1. The second kappa shape index (κ2) is 5.24. The van der Waals surface area contributed by atoms with Gasteiger partial charge in [-0.25, -0.2) is 0 Å². The second-order valence-electron chi connectivity index (χ2n) is 4.37. The van der Waals surface area contributed by atoms with Gasteiger partial charge in [0.05, 0.1) is 0 Å². The number of rotatable bonds is 1. The molecule has 0 radical (unpaired) electrons. The van der Waals surface area contributed by atoms with Gasteiger partial charge in [0.1, 0.15) is 0 Å². The van der Waals surface area contributed by atoms with E-state index in [1.807, 2.05) is 18.2 Å². The van der Waals surface area contributed by atoms with E-state index in [4.69, 9.17) is 23.2 Å². The number of amides is 1. The van der Waals surface area contributed by atoms with E-state index in [0.29, 0.717) is 15.6 Å². The predicted octanol–water partition coefficient (Wildman–Crippen LogP) is 5.25. The molecule has 0 atom stereocenters. The summed E-state index contributed by atoms with van der Waals surface area (Å²) in [6.45, 7) is 0. The lowest BCUT2D eigenvalue weighted by Gasteiger charge is -2.02. The molecule has 1 amide bonds. The van der Waals surface area contributed by atoms with Crippen molar-refractivity contribution in [3.63, 3.8) is 0 Å². The molecule has 1 N–H and O–H groups in total. The van der Waals surface area contributed by atoms with E-state index in [1.165, 1.54) is 0 Å². The molecule has 0 saturated carbocycles. The molecule has 1 aliphatic heterocycles. The van der Waals surface area contributed by atoms with Gasteiger partial charge in [0.2, 0.25) is 0 Å². The zero-order valence-electron chi connectivity index (χ0n) is 10.1. The van der Waals surface area contributed by atoms with Gasteiger partial charge in [-0.15, -0.1) is 0 Å². The van der Waals surface area contributed by atoms with Crippen molar-refractivity contribution in [2.75, 3.05) is 5.32 Å². The normalized spacial score (nSPS) is 15.3. The van der Waals surface area contributed by atoms with Crippen molar-refractivity contribution in [2.45, 2.75) is 0 Å². The summed E-state index contributed by atoms with van der Waals surface area (Å²) in [6.07, 6.45) is 1.77. The van der Waals surface area contributed by atoms with Crippen LogP contribution in [0.25, 0.3) is 11.6 Å². The van der Waals surface area contributed by atoms with Crippen LogP contribution in [-0.2, 0) is 4.79 Å². The molecule has 3 rings (SSSR count). The number of carbonyl (C=O) groups is 1. The highest BCUT2D eigenvalue weighted by Gasteiger charge is 2.24. The monoisotopic (exact) mass is 367 g/mol. The van der Waals surface area contributed by atoms with Crippen LogP contribution in [-0.4, -0.2) is 5.91 Å². The Balaban J connectivity index is 2.13. The summed E-state index contributed by atoms with van der Waals surface area (Å²) in [7, 11) is 0. The Morgan fingerprint density at radius 1 is 1.10 bits per heavy atom. The molecule has 100 valence electrons. The zero-order valence-corrected chi connectivity index (χ0v) is 13.2. The van der Waals surface area contributed by atoms with Crippen molar-refractivity contribution in [1.29, 1.82) is 0 Å². The summed E-state index contributed by atoms with van der Waals surface area (Å²) in [6, 6.07) is 10.8. The molecule has 0 aromatic heterocycles. The summed E-state index contributed by atoms with van der Waals surface area (Å²) in [4.78, 5) is 12.1. The number of nitrogens with one attached hydrogen (secondary N) is 1. The highest BCUT2D eigenvalue weighted by Crippen LogP contribution is 2.36. The minimum absolute atomic E-state index is 0.135. The first-order valence-electron chi connectivity index (χ1n) is 5.82. The first kappa shape index (κ1) is 13.7. The molecule has 1 heterocycles. The van der Waals surface area contributed by atoms with Crippen LogP contribution >= 0.6 is 39.1 Å². The predicted molar refractivity (Wildman–Crippen MR) is 87.1 cm³/mol. The van der Waals surface area contributed by atoms with Crippen LogP contribution in [0.3, 0.4) is 0 Å². The lowest BCUT2D eigenvalue weighted by molar-refractivity contribution is -0.110. The average Bonchev–Trinajstić information content (AvgIpc) is 2.69. The SMILES string of the molecule is O=C1Nc2ccc(Br)cc2C1=Cc1ccc(Cl)cc1Cl. The molecule has 2 nitrogen and oxygen atoms in total. The van der Waals surface area contributed by atoms with Crippen LogP contribution < -0.4 is 5.32 Å². The van der Waals surface area contributed by atoms with Gasteiger partial charge in [-0.1, -0.05) is 45.2 Å². The summed E-state index contributed by atoms with van der Waals surface area (Å²) in [5.74, 6) is -0.135. The van der Waals surface area contributed by atoms with E-state index < -0.39 is 0 Å². The number of anilines is 1. The molecule has 0 fully saturated rings. The van der Waals surface area contributed by atoms with E-state index >= 15 is 0 Å². The zero-order chi connectivity index (χ0) is 14.3. The fourth-order valence-electron chi connectivity index (χ4n) is 2.08. The minimum atomic E-state index is -0.135. The van der Waals surface area contributed by atoms with Crippen molar-refractivity contribution >= 4 is 62.4 Å². The van der Waals surface area contributed by atoms with Crippen LogP contribution in [0, 0.1) is 0 Å². The number of benzene rings is 2. The van der Waals surface area contributed by atoms with Crippen molar-refractivity contribution in [3.05, 3.63) is 62.0 Å². The summed E-state index contributed by atoms with van der Waals surface area (Å²) >= 11 is 15.4. The maximum atomic E-state index is 12.1. The van der Waals surface area contributed by atoms with Crippen molar-refractivity contribution in [1.82, 2.24) is 0 Å². The first-order chi connectivity index (χ1) is 9.54. The Morgan fingerprint density at radius 2 is 1.90 bits per heavy atom. The van der Waals surface area contributed by atoms with Crippen molar-refractivity contribution < 1.29 is 4.79 Å². The molecule has 0 bridgehead atoms. The van der Waals surface area contributed by atoms with Gasteiger partial charge in [0.15, 0.2) is 0 Å². The smallest absolute Gasteiger partial charge is 0.256 e. The van der Waals surface area contributed by atoms with E-state index in [0.717, 1.165) is 21.3 Å². The molecular weight excluding hydrogens is 361 g/mol. The van der Waals surface area contributed by atoms with Crippen LogP contribution in [0.1, 0.15) is 11.1 Å². The Morgan fingerprint density at radius 3 is 2.65 bits per heavy atom. The van der Waals surface area contributed by atoms with Crippen LogP contribution in [0.2, 0.25) is 10.0 Å². The molecule has 5 heteroatoms. The van der Waals surface area contributed by atoms with Crippen LogP contribution in [0.15, 0.2) is 40.9 Å². The van der Waals surface area contributed by atoms with E-state index in [-0.39, 0.29) is 5.91 Å². The van der Waals surface area contributed by atoms with Crippen LogP contribution in [0.4, 0.5) is 5.69 Å². The lowest BCUT2D eigenvalue weighted by atomic mass is 10.0. The molecule has 20 heavy (non-hydrogen) atoms. The van der Waals surface area contributed by atoms with Crippen LogP contribution in [0.5, 0.6) is 0 Å². The van der Waals surface area contributed by atoms with E-state index in [9.17, 15) is 4.79 Å². The maximum Gasteiger partial charge on any atom is 0.256 e. The quantitative estimate of drug-likeness (QED) is 0.684. The molecule has 0 spiro atoms. The van der Waals surface area contributed by atoms with Gasteiger partial charge >= 0.3 is 0 Å². The van der Waals surface area contributed by atoms with Crippen molar-refractivity contribution in [2.24, 2.45) is 0 Å². The van der Waals surface area contributed by atoms with Gasteiger partial charge in [-0.05, 0) is 42.0 Å². The molecule has 0 aliphatic carbocycles. The Kier molecular flexibility index (Phi) is 3.59. The molecule has 2 aromatic carbocycles. The molecular formula is C15H8BrCl2NO. The summed E-state index contributed by atoms with van der Waals surface area (Å²) in [5.41, 5.74) is 3.00. The highest BCUT2D eigenvalue weighted by atomic mass is 79.9. The van der Waals surface area contributed by atoms with Gasteiger partial charge in [0.25, 0.3) is 5.91 Å². The Bertz CT molecular complexity index is 756. The Hall–Kier alpha value is -1.29. The van der Waals surface area contributed by atoms with E-state index in [1.54, 1.807) is 24.3 Å². The first-order valence-corrected chi connectivity index (χ1v) is 7.37. The number of hydrogen-bond acceptors (Lipinski definition) is 1. The van der Waals surface area contributed by atoms with Gasteiger partial charge in [-0.2, -0.15) is 0 Å². The minimum Gasteiger partial charge on any atom is -0.321 e. The molecule has 2 aromatic rings. The van der Waals surface area contributed by atoms with Gasteiger partial charge in [0, 0.05) is 31.3 Å². The fraction of sp³-hybridized carbons (Fsp3) is 0. The largest absolute Gasteiger partial charge is 0.321 e. The number of hydrogen-bond donors (Lipinski definition) is 1. The summed E-state index contributed by atoms with van der Waals surface area (Å²) < 4.78 is 0.917. The average molecular weight is 369 g/mol. The molecule has 0 unspecified atom stereocenters. The lowest BCUT2D eigenvalue weighted by Crippen LogP contribution is -2.03. The third kappa shape index (κ3) is 2.49.